The van der Waals surface area contributed by atoms with Gasteiger partial charge in [-0.05, 0) is 72.7 Å². The zero-order chi connectivity index (χ0) is 28.4. The van der Waals surface area contributed by atoms with Gasteiger partial charge in [0.1, 0.15) is 0 Å². The van der Waals surface area contributed by atoms with Crippen LogP contribution < -0.4 is 16.2 Å². The number of hydrogen-bond acceptors (Lipinski definition) is 4. The van der Waals surface area contributed by atoms with Crippen molar-refractivity contribution in [2.24, 2.45) is 0 Å². The van der Waals surface area contributed by atoms with Crippen LogP contribution in [0.1, 0.15) is 20.8 Å². The van der Waals surface area contributed by atoms with E-state index in [1.54, 1.807) is 66.9 Å². The molecule has 3 aromatic rings. The lowest BCUT2D eigenvalue weighted by Crippen LogP contribution is -2.48. The molecule has 1 saturated heterocycles. The molecule has 1 unspecified atom stereocenters. The maximum Gasteiger partial charge on any atom is 0.340 e. The van der Waals surface area contributed by atoms with Crippen LogP contribution in [0.25, 0.3) is 5.69 Å². The van der Waals surface area contributed by atoms with Gasteiger partial charge in [-0.2, -0.15) is 0 Å². The minimum Gasteiger partial charge on any atom is -0.410 e. The summed E-state index contributed by atoms with van der Waals surface area (Å²) in [5.74, 6) is 0. The van der Waals surface area contributed by atoms with Crippen molar-refractivity contribution in [1.82, 2.24) is 14.6 Å². The Labute approximate surface area is 234 Å². The van der Waals surface area contributed by atoms with E-state index in [9.17, 15) is 14.4 Å². The number of aromatic nitrogens is 1. The zero-order valence-electron chi connectivity index (χ0n) is 22.8. The first-order chi connectivity index (χ1) is 18.3. The van der Waals surface area contributed by atoms with Gasteiger partial charge in [0.2, 0.25) is 0 Å². The van der Waals surface area contributed by atoms with Gasteiger partial charge in [-0.3, -0.25) is 9.36 Å². The van der Waals surface area contributed by atoms with E-state index in [2.05, 4.69) is 44.5 Å². The van der Waals surface area contributed by atoms with Gasteiger partial charge in [0.25, 0.3) is 5.56 Å². The van der Waals surface area contributed by atoms with Crippen LogP contribution in [0.4, 0.5) is 21.0 Å². The molecule has 1 fully saturated rings. The number of rotatable bonds is 5. The summed E-state index contributed by atoms with van der Waals surface area (Å²) in [6.45, 7) is 11.2. The molecule has 0 saturated carbocycles. The molecule has 11 heteroatoms. The first kappa shape index (κ1) is 28.4. The standard InChI is InChI=1S/C28H34ClN5O4Si/c1-28(2,3)39(4,5)38-24-18-33(26(36)30-21-11-9-20(29)10-12-21)34(19-24)27(37)31-22-13-15-23(16-14-22)32-17-7-6-8-25(32)35/h6-17,24H,18-19H2,1-5H3,(H,30,36)(H,31,37). The van der Waals surface area contributed by atoms with Gasteiger partial charge in [-0.25, -0.2) is 19.6 Å². The molecule has 2 aromatic carbocycles. The molecule has 1 atom stereocenters. The topological polar surface area (TPSA) is 95.9 Å². The average Bonchev–Trinajstić information content (AvgIpc) is 3.29. The summed E-state index contributed by atoms with van der Waals surface area (Å²) >= 11 is 5.97. The number of anilines is 2. The summed E-state index contributed by atoms with van der Waals surface area (Å²) < 4.78 is 8.07. The highest BCUT2D eigenvalue weighted by Gasteiger charge is 2.44. The third-order valence-corrected chi connectivity index (χ3v) is 11.9. The van der Waals surface area contributed by atoms with E-state index in [4.69, 9.17) is 16.0 Å². The second-order valence-corrected chi connectivity index (χ2v) is 16.2. The number of nitrogens with one attached hydrogen (secondary N) is 2. The number of hydrazine groups is 1. The highest BCUT2D eigenvalue weighted by Crippen LogP contribution is 2.38. The average molecular weight is 568 g/mol. The molecule has 39 heavy (non-hydrogen) atoms. The number of amides is 4. The Kier molecular flexibility index (Phi) is 8.19. The summed E-state index contributed by atoms with van der Waals surface area (Å²) in [6, 6.07) is 17.7. The Balaban J connectivity index is 1.52. The van der Waals surface area contributed by atoms with Crippen molar-refractivity contribution < 1.29 is 14.0 Å². The molecule has 4 amide bonds. The van der Waals surface area contributed by atoms with Crippen molar-refractivity contribution in [3.8, 4) is 5.69 Å². The first-order valence-electron chi connectivity index (χ1n) is 12.7. The molecule has 2 heterocycles. The lowest BCUT2D eigenvalue weighted by molar-refractivity contribution is 0.103. The largest absolute Gasteiger partial charge is 0.410 e. The normalized spacial score (nSPS) is 15.8. The number of carbonyl (C=O) groups is 2. The molecule has 0 aliphatic carbocycles. The Morgan fingerprint density at radius 2 is 1.38 bits per heavy atom. The number of carbonyl (C=O) groups excluding carboxylic acids is 2. The maximum atomic E-state index is 13.4. The van der Waals surface area contributed by atoms with E-state index in [0.29, 0.717) is 22.1 Å². The van der Waals surface area contributed by atoms with E-state index in [0.717, 1.165) is 0 Å². The van der Waals surface area contributed by atoms with Gasteiger partial charge in [-0.1, -0.05) is 38.4 Å². The van der Waals surface area contributed by atoms with Crippen LogP contribution in [0.5, 0.6) is 0 Å². The minimum atomic E-state index is -2.16. The molecule has 1 aliphatic heterocycles. The van der Waals surface area contributed by atoms with Gasteiger partial charge in [0, 0.05) is 34.3 Å². The SMILES string of the molecule is CC(C)(C)[Si](C)(C)OC1CN(C(=O)Nc2ccc(Cl)cc2)N(C(=O)Nc2ccc(-n3ccccc3=O)cc2)C1. The second kappa shape index (κ2) is 11.2. The number of halogens is 1. The monoisotopic (exact) mass is 567 g/mol. The van der Waals surface area contributed by atoms with Crippen LogP contribution in [-0.4, -0.2) is 54.2 Å². The first-order valence-corrected chi connectivity index (χ1v) is 16.0. The van der Waals surface area contributed by atoms with E-state index >= 15 is 0 Å². The fraction of sp³-hybridized carbons (Fsp3) is 0.321. The highest BCUT2D eigenvalue weighted by atomic mass is 35.5. The van der Waals surface area contributed by atoms with Crippen molar-refractivity contribution >= 4 is 43.4 Å². The fourth-order valence-electron chi connectivity index (χ4n) is 3.95. The van der Waals surface area contributed by atoms with E-state index in [1.165, 1.54) is 20.7 Å². The molecule has 1 aromatic heterocycles. The van der Waals surface area contributed by atoms with Crippen LogP contribution in [0.2, 0.25) is 23.2 Å². The number of benzene rings is 2. The molecule has 2 N–H and O–H groups in total. The Hall–Kier alpha value is -3.60. The molecule has 0 spiro atoms. The summed E-state index contributed by atoms with van der Waals surface area (Å²) in [5.41, 5.74) is 1.61. The molecule has 0 bridgehead atoms. The summed E-state index contributed by atoms with van der Waals surface area (Å²) in [6.07, 6.45) is 1.35. The number of urea groups is 2. The Morgan fingerprint density at radius 1 is 0.872 bits per heavy atom. The number of hydrogen-bond donors (Lipinski definition) is 2. The number of pyridine rings is 1. The predicted octanol–water partition coefficient (Wildman–Crippen LogP) is 6.18. The lowest BCUT2D eigenvalue weighted by Gasteiger charge is -2.38. The van der Waals surface area contributed by atoms with E-state index in [-0.39, 0.29) is 29.8 Å². The summed E-state index contributed by atoms with van der Waals surface area (Å²) in [4.78, 5) is 38.8. The van der Waals surface area contributed by atoms with Crippen molar-refractivity contribution in [1.29, 1.82) is 0 Å². The minimum absolute atomic E-state index is 0.0262. The van der Waals surface area contributed by atoms with E-state index in [1.807, 2.05) is 0 Å². The van der Waals surface area contributed by atoms with Gasteiger partial charge >= 0.3 is 12.1 Å². The molecule has 1 aliphatic rings. The lowest BCUT2D eigenvalue weighted by atomic mass is 10.2. The Bertz CT molecular complexity index is 1390. The van der Waals surface area contributed by atoms with Gasteiger partial charge in [-0.15, -0.1) is 0 Å². The van der Waals surface area contributed by atoms with Crippen molar-refractivity contribution in [3.05, 3.63) is 88.3 Å². The molecule has 0 radical (unpaired) electrons. The van der Waals surface area contributed by atoms with Crippen molar-refractivity contribution in [3.63, 3.8) is 0 Å². The second-order valence-electron chi connectivity index (χ2n) is 11.0. The highest BCUT2D eigenvalue weighted by molar-refractivity contribution is 6.74. The maximum absolute atomic E-state index is 13.4. The summed E-state index contributed by atoms with van der Waals surface area (Å²) in [7, 11) is -2.16. The smallest absolute Gasteiger partial charge is 0.340 e. The third kappa shape index (κ3) is 6.70. The van der Waals surface area contributed by atoms with E-state index < -0.39 is 20.4 Å². The molecular weight excluding hydrogens is 534 g/mol. The molecule has 4 rings (SSSR count). The van der Waals surface area contributed by atoms with Gasteiger partial charge in [0.05, 0.1) is 19.2 Å². The van der Waals surface area contributed by atoms with Crippen LogP contribution in [0.15, 0.2) is 77.7 Å². The summed E-state index contributed by atoms with van der Waals surface area (Å²) in [5, 5.41) is 8.98. The van der Waals surface area contributed by atoms with Gasteiger partial charge in [0.15, 0.2) is 8.32 Å². The Morgan fingerprint density at radius 3 is 1.87 bits per heavy atom. The quantitative estimate of drug-likeness (QED) is 0.360. The number of nitrogens with zero attached hydrogens (tertiary/aromatic N) is 3. The van der Waals surface area contributed by atoms with Crippen molar-refractivity contribution in [2.75, 3.05) is 23.7 Å². The molecule has 9 nitrogen and oxygen atoms in total. The molecule has 206 valence electrons. The van der Waals surface area contributed by atoms with Crippen LogP contribution in [-0.2, 0) is 4.43 Å². The van der Waals surface area contributed by atoms with Crippen molar-refractivity contribution in [2.45, 2.75) is 45.0 Å². The van der Waals surface area contributed by atoms with Crippen LogP contribution >= 0.6 is 11.6 Å². The van der Waals surface area contributed by atoms with Gasteiger partial charge < -0.3 is 15.1 Å². The third-order valence-electron chi connectivity index (χ3n) is 7.10. The zero-order valence-corrected chi connectivity index (χ0v) is 24.5. The predicted molar refractivity (Wildman–Crippen MR) is 157 cm³/mol. The molecular formula is C28H34ClN5O4Si. The fourth-order valence-corrected chi connectivity index (χ4v) is 5.41. The van der Waals surface area contributed by atoms with Crippen LogP contribution in [0, 0.1) is 0 Å². The van der Waals surface area contributed by atoms with Crippen LogP contribution in [0.3, 0.4) is 0 Å².